The van der Waals surface area contributed by atoms with Crippen molar-refractivity contribution in [2.75, 3.05) is 25.5 Å². The van der Waals surface area contributed by atoms with Gasteiger partial charge >= 0.3 is 5.24 Å². The van der Waals surface area contributed by atoms with Gasteiger partial charge < -0.3 is 4.90 Å². The average molecular weight is 475 g/mol. The highest BCUT2D eigenvalue weighted by molar-refractivity contribution is 8.15. The summed E-state index contributed by atoms with van der Waals surface area (Å²) >= 11 is 13.7. The van der Waals surface area contributed by atoms with Gasteiger partial charge in [-0.05, 0) is 68.1 Å². The molecule has 2 aromatic carbocycles. The van der Waals surface area contributed by atoms with Crippen LogP contribution in [0.1, 0.15) is 37.0 Å². The third-order valence-electron chi connectivity index (χ3n) is 5.54. The van der Waals surface area contributed by atoms with Gasteiger partial charge in [0, 0.05) is 31.9 Å². The van der Waals surface area contributed by atoms with Crippen molar-refractivity contribution >= 4 is 57.4 Å². The summed E-state index contributed by atoms with van der Waals surface area (Å²) < 4.78 is -0.387. The van der Waals surface area contributed by atoms with Crippen molar-refractivity contribution in [1.82, 2.24) is 5.01 Å². The highest BCUT2D eigenvalue weighted by atomic mass is 35.5. The first kappa shape index (κ1) is 22.2. The Morgan fingerprint density at radius 2 is 1.94 bits per heavy atom. The summed E-state index contributed by atoms with van der Waals surface area (Å²) in [6.07, 6.45) is 1.99. The molecule has 0 atom stereocenters. The van der Waals surface area contributed by atoms with Crippen molar-refractivity contribution in [2.45, 2.75) is 31.4 Å². The van der Waals surface area contributed by atoms with E-state index in [-0.39, 0.29) is 9.99 Å². The molecule has 0 spiro atoms. The Morgan fingerprint density at radius 3 is 2.65 bits per heavy atom. The SMILES string of the molecule is CN=C(c1ccc(Cl)c(Cl)c1)N1CCCc2cc(C3=NN(C)C(=O)SC3(C)C)ccc21. The van der Waals surface area contributed by atoms with E-state index >= 15 is 0 Å². The lowest BCUT2D eigenvalue weighted by Gasteiger charge is -2.35. The Labute approximate surface area is 197 Å². The second-order valence-corrected chi connectivity index (χ2v) is 10.5. The number of hydrogen-bond donors (Lipinski definition) is 0. The molecule has 2 aliphatic rings. The van der Waals surface area contributed by atoms with Crippen LogP contribution in [-0.2, 0) is 6.42 Å². The molecular formula is C23H24Cl2N4OS. The van der Waals surface area contributed by atoms with Crippen molar-refractivity contribution in [2.24, 2.45) is 10.1 Å². The topological polar surface area (TPSA) is 48.3 Å². The monoisotopic (exact) mass is 474 g/mol. The van der Waals surface area contributed by atoms with Crippen molar-refractivity contribution in [3.8, 4) is 0 Å². The van der Waals surface area contributed by atoms with Gasteiger partial charge in [-0.3, -0.25) is 9.79 Å². The number of amidine groups is 1. The quantitative estimate of drug-likeness (QED) is 0.389. The molecule has 2 aliphatic heterocycles. The van der Waals surface area contributed by atoms with Gasteiger partial charge in [0.1, 0.15) is 5.84 Å². The predicted octanol–water partition coefficient (Wildman–Crippen LogP) is 6.10. The molecule has 0 unspecified atom stereocenters. The van der Waals surface area contributed by atoms with Gasteiger partial charge in [0.15, 0.2) is 0 Å². The molecule has 0 fully saturated rings. The van der Waals surface area contributed by atoms with Crippen LogP contribution in [-0.4, -0.2) is 47.2 Å². The van der Waals surface area contributed by atoms with Crippen LogP contribution in [0.15, 0.2) is 46.5 Å². The lowest BCUT2D eigenvalue weighted by atomic mass is 9.93. The number of thioether (sulfide) groups is 1. The Morgan fingerprint density at radius 1 is 1.16 bits per heavy atom. The summed E-state index contributed by atoms with van der Waals surface area (Å²) in [6.45, 7) is 4.96. The highest BCUT2D eigenvalue weighted by Gasteiger charge is 2.36. The summed E-state index contributed by atoms with van der Waals surface area (Å²) in [5.41, 5.74) is 5.26. The normalized spacial score (nSPS) is 18.7. The Bertz CT molecular complexity index is 1110. The van der Waals surface area contributed by atoms with Gasteiger partial charge in [-0.25, -0.2) is 5.01 Å². The molecule has 0 N–H and O–H groups in total. The smallest absolute Gasteiger partial charge is 0.302 e. The maximum absolute atomic E-state index is 12.1. The van der Waals surface area contributed by atoms with E-state index in [4.69, 9.17) is 23.2 Å². The largest absolute Gasteiger partial charge is 0.326 e. The minimum Gasteiger partial charge on any atom is -0.326 e. The standard InChI is InChI=1S/C23H24Cl2N4OS/c1-23(2)20(27-28(4)22(30)31-23)15-8-10-19-14(12-15)6-5-11-29(19)21(26-3)16-7-9-17(24)18(25)13-16/h7-10,12-13H,5-6,11H2,1-4H3. The molecule has 31 heavy (non-hydrogen) atoms. The Balaban J connectivity index is 1.73. The molecule has 0 saturated carbocycles. The maximum Gasteiger partial charge on any atom is 0.302 e. The molecule has 2 heterocycles. The summed E-state index contributed by atoms with van der Waals surface area (Å²) in [5, 5.41) is 7.01. The van der Waals surface area contributed by atoms with E-state index in [1.54, 1.807) is 20.2 Å². The first-order chi connectivity index (χ1) is 14.7. The van der Waals surface area contributed by atoms with Gasteiger partial charge in [0.2, 0.25) is 0 Å². The number of benzene rings is 2. The van der Waals surface area contributed by atoms with E-state index in [0.717, 1.165) is 47.7 Å². The van der Waals surface area contributed by atoms with Crippen LogP contribution in [0.3, 0.4) is 0 Å². The zero-order chi connectivity index (χ0) is 22.3. The molecule has 0 aromatic heterocycles. The van der Waals surface area contributed by atoms with Crippen molar-refractivity contribution in [3.63, 3.8) is 0 Å². The predicted molar refractivity (Wildman–Crippen MR) is 132 cm³/mol. The van der Waals surface area contributed by atoms with Gasteiger partial charge in [0.05, 0.1) is 20.5 Å². The number of carbonyl (C=O) groups excluding carboxylic acids is 1. The van der Waals surface area contributed by atoms with Gasteiger partial charge in [-0.2, -0.15) is 5.10 Å². The van der Waals surface area contributed by atoms with E-state index in [1.807, 2.05) is 26.0 Å². The van der Waals surface area contributed by atoms with Crippen molar-refractivity contribution < 1.29 is 4.79 Å². The van der Waals surface area contributed by atoms with Crippen molar-refractivity contribution in [1.29, 1.82) is 0 Å². The molecule has 5 nitrogen and oxygen atoms in total. The summed E-state index contributed by atoms with van der Waals surface area (Å²) in [4.78, 5) is 18.9. The lowest BCUT2D eigenvalue weighted by Crippen LogP contribution is -2.40. The number of hydrazone groups is 1. The minimum atomic E-state index is -0.387. The zero-order valence-corrected chi connectivity index (χ0v) is 20.3. The zero-order valence-electron chi connectivity index (χ0n) is 17.9. The van der Waals surface area contributed by atoms with Gasteiger partial charge in [0.25, 0.3) is 0 Å². The molecule has 0 bridgehead atoms. The Hall–Kier alpha value is -2.02. The molecule has 4 rings (SSSR count). The Kier molecular flexibility index (Phi) is 6.08. The number of halogens is 2. The number of carbonyl (C=O) groups is 1. The average Bonchev–Trinajstić information content (AvgIpc) is 2.73. The molecule has 0 saturated heterocycles. The molecule has 1 amide bonds. The van der Waals surface area contributed by atoms with E-state index in [2.05, 4.69) is 33.2 Å². The fraction of sp³-hybridized carbons (Fsp3) is 0.348. The van der Waals surface area contributed by atoms with Crippen LogP contribution in [0.2, 0.25) is 10.0 Å². The lowest BCUT2D eigenvalue weighted by molar-refractivity contribution is 0.234. The second-order valence-electron chi connectivity index (χ2n) is 8.13. The van der Waals surface area contributed by atoms with Crippen LogP contribution in [0.25, 0.3) is 0 Å². The first-order valence-electron chi connectivity index (χ1n) is 10.1. The summed E-state index contributed by atoms with van der Waals surface area (Å²) in [7, 11) is 3.50. The van der Waals surface area contributed by atoms with Crippen LogP contribution in [0, 0.1) is 0 Å². The summed E-state index contributed by atoms with van der Waals surface area (Å²) in [5.74, 6) is 0.864. The molecule has 8 heteroatoms. The van der Waals surface area contributed by atoms with Gasteiger partial charge in [-0.15, -0.1) is 0 Å². The number of aryl methyl sites for hydroxylation is 1. The number of anilines is 1. The van der Waals surface area contributed by atoms with Gasteiger partial charge in [-0.1, -0.05) is 41.0 Å². The van der Waals surface area contributed by atoms with Crippen LogP contribution in [0.5, 0.6) is 0 Å². The number of fused-ring (bicyclic) bond motifs is 1. The molecule has 0 aliphatic carbocycles. The third kappa shape index (κ3) is 4.21. The fourth-order valence-corrected chi connectivity index (χ4v) is 5.22. The minimum absolute atomic E-state index is 0.0386. The van der Waals surface area contributed by atoms with Crippen LogP contribution < -0.4 is 4.90 Å². The van der Waals surface area contributed by atoms with Crippen LogP contribution in [0.4, 0.5) is 10.5 Å². The first-order valence-corrected chi connectivity index (χ1v) is 11.7. The third-order valence-corrected chi connectivity index (χ3v) is 7.43. The number of rotatable bonds is 2. The fourth-order valence-electron chi connectivity index (χ4n) is 4.05. The highest BCUT2D eigenvalue weighted by Crippen LogP contribution is 2.37. The van der Waals surface area contributed by atoms with E-state index in [0.29, 0.717) is 10.0 Å². The molecule has 0 radical (unpaired) electrons. The number of nitrogens with zero attached hydrogens (tertiary/aromatic N) is 4. The summed E-state index contributed by atoms with van der Waals surface area (Å²) in [6, 6.07) is 12.0. The maximum atomic E-state index is 12.1. The molecule has 162 valence electrons. The number of amides is 1. The van der Waals surface area contributed by atoms with E-state index in [9.17, 15) is 4.79 Å². The van der Waals surface area contributed by atoms with Crippen molar-refractivity contribution in [3.05, 3.63) is 63.1 Å². The number of aliphatic imine (C=N–C) groups is 1. The molecule has 2 aromatic rings. The molecular weight excluding hydrogens is 451 g/mol. The van der Waals surface area contributed by atoms with E-state index < -0.39 is 0 Å². The van der Waals surface area contributed by atoms with E-state index in [1.165, 1.54) is 22.3 Å². The number of hydrogen-bond acceptors (Lipinski definition) is 4. The second kappa shape index (κ2) is 8.49. The van der Waals surface area contributed by atoms with Crippen LogP contribution >= 0.6 is 35.0 Å².